The van der Waals surface area contributed by atoms with Gasteiger partial charge in [0.25, 0.3) is 0 Å². The van der Waals surface area contributed by atoms with E-state index in [1.165, 1.54) is 19.3 Å². The zero-order valence-electron chi connectivity index (χ0n) is 7.26. The van der Waals surface area contributed by atoms with Crippen molar-refractivity contribution in [3.05, 3.63) is 0 Å². The van der Waals surface area contributed by atoms with Crippen molar-refractivity contribution in [2.75, 3.05) is 0 Å². The standard InChI is InChI=1S/C9H18O/c1-7(2)6-9-5-4-8(3)10-9/h7-9H,4-6H2,1-3H3/t8-,9-/m0/s1. The fraction of sp³-hybridized carbons (Fsp3) is 1.00. The topological polar surface area (TPSA) is 9.23 Å². The van der Waals surface area contributed by atoms with Gasteiger partial charge < -0.3 is 4.74 Å². The predicted molar refractivity (Wildman–Crippen MR) is 43.0 cm³/mol. The first-order valence-electron chi connectivity index (χ1n) is 4.34. The number of rotatable bonds is 2. The highest BCUT2D eigenvalue weighted by Gasteiger charge is 2.21. The fourth-order valence-corrected chi connectivity index (χ4v) is 1.58. The van der Waals surface area contributed by atoms with Gasteiger partial charge in [0.15, 0.2) is 0 Å². The van der Waals surface area contributed by atoms with Crippen LogP contribution in [0.1, 0.15) is 40.0 Å². The van der Waals surface area contributed by atoms with Crippen LogP contribution < -0.4 is 0 Å². The lowest BCUT2D eigenvalue weighted by atomic mass is 10.0. The maximum Gasteiger partial charge on any atom is 0.0582 e. The van der Waals surface area contributed by atoms with Crippen LogP contribution >= 0.6 is 0 Å². The quantitative estimate of drug-likeness (QED) is 0.576. The summed E-state index contributed by atoms with van der Waals surface area (Å²) in [4.78, 5) is 0. The van der Waals surface area contributed by atoms with Crippen molar-refractivity contribution in [3.63, 3.8) is 0 Å². The molecule has 10 heavy (non-hydrogen) atoms. The van der Waals surface area contributed by atoms with Crippen LogP contribution in [0, 0.1) is 5.92 Å². The Hall–Kier alpha value is -0.0400. The SMILES string of the molecule is CC(C)C[C@@H]1CC[C@H](C)O1. The molecule has 1 fully saturated rings. The Balaban J connectivity index is 2.18. The normalized spacial score (nSPS) is 33.6. The number of ether oxygens (including phenoxy) is 1. The average molecular weight is 142 g/mol. The van der Waals surface area contributed by atoms with Gasteiger partial charge in [-0.3, -0.25) is 0 Å². The summed E-state index contributed by atoms with van der Waals surface area (Å²) in [5.41, 5.74) is 0. The largest absolute Gasteiger partial charge is 0.375 e. The van der Waals surface area contributed by atoms with E-state index in [1.54, 1.807) is 0 Å². The van der Waals surface area contributed by atoms with Crippen LogP contribution in [0.15, 0.2) is 0 Å². The lowest BCUT2D eigenvalue weighted by molar-refractivity contribution is 0.0438. The predicted octanol–water partition coefficient (Wildman–Crippen LogP) is 2.60. The summed E-state index contributed by atoms with van der Waals surface area (Å²) in [5.74, 6) is 0.787. The average Bonchev–Trinajstić information content (AvgIpc) is 2.13. The Labute approximate surface area is 63.8 Å². The first-order chi connectivity index (χ1) is 4.68. The van der Waals surface area contributed by atoms with E-state index in [9.17, 15) is 0 Å². The summed E-state index contributed by atoms with van der Waals surface area (Å²) in [6.45, 7) is 6.68. The fourth-order valence-electron chi connectivity index (χ4n) is 1.58. The van der Waals surface area contributed by atoms with Crippen molar-refractivity contribution >= 4 is 0 Å². The van der Waals surface area contributed by atoms with E-state index < -0.39 is 0 Å². The second kappa shape index (κ2) is 3.38. The van der Waals surface area contributed by atoms with E-state index in [1.807, 2.05) is 0 Å². The Morgan fingerprint density at radius 3 is 2.50 bits per heavy atom. The van der Waals surface area contributed by atoms with Crippen LogP contribution in [0.4, 0.5) is 0 Å². The van der Waals surface area contributed by atoms with Gasteiger partial charge in [-0.1, -0.05) is 13.8 Å². The number of hydrogen-bond donors (Lipinski definition) is 0. The van der Waals surface area contributed by atoms with E-state index in [0.29, 0.717) is 12.2 Å². The van der Waals surface area contributed by atoms with E-state index in [4.69, 9.17) is 4.74 Å². The summed E-state index contributed by atoms with van der Waals surface area (Å²) >= 11 is 0. The minimum absolute atomic E-state index is 0.517. The van der Waals surface area contributed by atoms with Gasteiger partial charge in [-0.15, -0.1) is 0 Å². The van der Waals surface area contributed by atoms with Crippen molar-refractivity contribution in [2.45, 2.75) is 52.2 Å². The monoisotopic (exact) mass is 142 g/mol. The van der Waals surface area contributed by atoms with Crippen LogP contribution in [0.5, 0.6) is 0 Å². The van der Waals surface area contributed by atoms with Crippen LogP contribution in [-0.4, -0.2) is 12.2 Å². The highest BCUT2D eigenvalue weighted by Crippen LogP contribution is 2.23. The third kappa shape index (κ3) is 2.30. The van der Waals surface area contributed by atoms with Crippen LogP contribution in [0.2, 0.25) is 0 Å². The van der Waals surface area contributed by atoms with Gasteiger partial charge in [0.05, 0.1) is 12.2 Å². The molecular weight excluding hydrogens is 124 g/mol. The highest BCUT2D eigenvalue weighted by atomic mass is 16.5. The Morgan fingerprint density at radius 2 is 2.10 bits per heavy atom. The molecule has 0 aliphatic carbocycles. The second-order valence-corrected chi connectivity index (χ2v) is 3.78. The first kappa shape index (κ1) is 8.06. The summed E-state index contributed by atoms with van der Waals surface area (Å²) < 4.78 is 5.67. The maximum absolute atomic E-state index is 5.67. The van der Waals surface area contributed by atoms with Gasteiger partial charge in [-0.25, -0.2) is 0 Å². The molecule has 0 aromatic rings. The first-order valence-corrected chi connectivity index (χ1v) is 4.34. The molecule has 1 aliphatic rings. The van der Waals surface area contributed by atoms with Crippen molar-refractivity contribution in [1.29, 1.82) is 0 Å². The molecule has 1 rings (SSSR count). The maximum atomic E-state index is 5.67. The number of hydrogen-bond acceptors (Lipinski definition) is 1. The van der Waals surface area contributed by atoms with E-state index in [0.717, 1.165) is 5.92 Å². The molecule has 1 aliphatic heterocycles. The summed E-state index contributed by atoms with van der Waals surface area (Å²) in [5, 5.41) is 0. The minimum atomic E-state index is 0.517. The molecule has 1 nitrogen and oxygen atoms in total. The Kier molecular flexibility index (Phi) is 2.72. The van der Waals surface area contributed by atoms with Gasteiger partial charge in [0.2, 0.25) is 0 Å². The molecule has 0 spiro atoms. The molecule has 0 aromatic heterocycles. The third-order valence-electron chi connectivity index (χ3n) is 2.05. The summed E-state index contributed by atoms with van der Waals surface area (Å²) in [6, 6.07) is 0. The van der Waals surface area contributed by atoms with E-state index in [2.05, 4.69) is 20.8 Å². The van der Waals surface area contributed by atoms with E-state index >= 15 is 0 Å². The molecule has 0 aromatic carbocycles. The van der Waals surface area contributed by atoms with Gasteiger partial charge in [0, 0.05) is 0 Å². The molecule has 60 valence electrons. The molecular formula is C9H18O. The second-order valence-electron chi connectivity index (χ2n) is 3.78. The van der Waals surface area contributed by atoms with Crippen molar-refractivity contribution in [1.82, 2.24) is 0 Å². The van der Waals surface area contributed by atoms with Crippen molar-refractivity contribution in [3.8, 4) is 0 Å². The zero-order valence-corrected chi connectivity index (χ0v) is 7.26. The van der Waals surface area contributed by atoms with Crippen LogP contribution in [-0.2, 0) is 4.74 Å². The molecule has 1 saturated heterocycles. The molecule has 2 atom stereocenters. The molecule has 0 bridgehead atoms. The molecule has 0 saturated carbocycles. The smallest absolute Gasteiger partial charge is 0.0582 e. The molecule has 0 unspecified atom stereocenters. The van der Waals surface area contributed by atoms with Gasteiger partial charge in [-0.2, -0.15) is 0 Å². The van der Waals surface area contributed by atoms with E-state index in [-0.39, 0.29) is 0 Å². The Morgan fingerprint density at radius 1 is 1.40 bits per heavy atom. The minimum Gasteiger partial charge on any atom is -0.375 e. The molecule has 1 heterocycles. The third-order valence-corrected chi connectivity index (χ3v) is 2.05. The Bertz CT molecular complexity index is 98.9. The molecule has 0 radical (unpaired) electrons. The highest BCUT2D eigenvalue weighted by molar-refractivity contribution is 4.71. The van der Waals surface area contributed by atoms with Gasteiger partial charge in [-0.05, 0) is 32.1 Å². The lowest BCUT2D eigenvalue weighted by Gasteiger charge is -2.12. The van der Waals surface area contributed by atoms with Crippen molar-refractivity contribution < 1.29 is 4.74 Å². The lowest BCUT2D eigenvalue weighted by Crippen LogP contribution is -2.10. The van der Waals surface area contributed by atoms with Crippen LogP contribution in [0.3, 0.4) is 0 Å². The molecule has 0 amide bonds. The van der Waals surface area contributed by atoms with Gasteiger partial charge in [0.1, 0.15) is 0 Å². The zero-order chi connectivity index (χ0) is 7.56. The summed E-state index contributed by atoms with van der Waals surface area (Å²) in [6.07, 6.45) is 4.86. The van der Waals surface area contributed by atoms with Gasteiger partial charge >= 0.3 is 0 Å². The molecule has 1 heteroatoms. The van der Waals surface area contributed by atoms with Crippen molar-refractivity contribution in [2.24, 2.45) is 5.92 Å². The van der Waals surface area contributed by atoms with Crippen LogP contribution in [0.25, 0.3) is 0 Å². The molecule has 0 N–H and O–H groups in total. The summed E-state index contributed by atoms with van der Waals surface area (Å²) in [7, 11) is 0.